The summed E-state index contributed by atoms with van der Waals surface area (Å²) in [5.41, 5.74) is 0. The molecule has 2 atom stereocenters. The summed E-state index contributed by atoms with van der Waals surface area (Å²) in [6, 6.07) is 0. The highest BCUT2D eigenvalue weighted by Gasteiger charge is 2.14. The number of hydrogen-bond acceptors (Lipinski definition) is 1. The molecular weight excluding hydrogens is 252 g/mol. The van der Waals surface area contributed by atoms with Crippen molar-refractivity contribution in [1.29, 1.82) is 0 Å². The monoisotopic (exact) mass is 276 g/mol. The fourth-order valence-corrected chi connectivity index (χ4v) is 3.31. The average Bonchev–Trinajstić information content (AvgIpc) is 2.63. The Balaban J connectivity index is 1.91. The van der Waals surface area contributed by atoms with Gasteiger partial charge < -0.3 is 4.74 Å². The van der Waals surface area contributed by atoms with Crippen LogP contribution in [0.2, 0.25) is 0 Å². The Bertz CT molecular complexity index is 153. The molecule has 0 radical (unpaired) electrons. The number of ether oxygens (including phenoxy) is 1. The molecule has 0 aliphatic carbocycles. The predicted octanol–water partition coefficient (Wildman–Crippen LogP) is 4.54. The van der Waals surface area contributed by atoms with Crippen LogP contribution in [0.1, 0.15) is 58.8 Å². The minimum absolute atomic E-state index is 0.587. The van der Waals surface area contributed by atoms with Gasteiger partial charge in [0.15, 0.2) is 0 Å². The minimum atomic E-state index is 0.587. The highest BCUT2D eigenvalue weighted by Crippen LogP contribution is 2.22. The maximum atomic E-state index is 5.61. The van der Waals surface area contributed by atoms with Gasteiger partial charge in [0.05, 0.1) is 6.10 Å². The first-order valence-electron chi connectivity index (χ1n) is 6.44. The van der Waals surface area contributed by atoms with Crippen molar-refractivity contribution >= 4 is 15.9 Å². The molecule has 0 spiro atoms. The zero-order valence-corrected chi connectivity index (χ0v) is 11.8. The van der Waals surface area contributed by atoms with Crippen molar-refractivity contribution in [3.63, 3.8) is 0 Å². The first-order valence-corrected chi connectivity index (χ1v) is 7.35. The molecule has 1 fully saturated rings. The van der Waals surface area contributed by atoms with Gasteiger partial charge in [-0.25, -0.2) is 0 Å². The van der Waals surface area contributed by atoms with Crippen LogP contribution in [0.25, 0.3) is 0 Å². The SMILES string of the molecule is CC(C)CC(Br)CCCCC1CCCO1. The Morgan fingerprint density at radius 3 is 2.73 bits per heavy atom. The van der Waals surface area contributed by atoms with Crippen molar-refractivity contribution in [2.45, 2.75) is 69.7 Å². The van der Waals surface area contributed by atoms with Crippen LogP contribution in [-0.2, 0) is 4.74 Å². The Kier molecular flexibility index (Phi) is 6.91. The second kappa shape index (κ2) is 7.67. The maximum absolute atomic E-state index is 5.61. The summed E-state index contributed by atoms with van der Waals surface area (Å²) in [4.78, 5) is 0.724. The van der Waals surface area contributed by atoms with Crippen LogP contribution in [0, 0.1) is 5.92 Å². The summed E-state index contributed by atoms with van der Waals surface area (Å²) >= 11 is 3.76. The predicted molar refractivity (Wildman–Crippen MR) is 69.6 cm³/mol. The quantitative estimate of drug-likeness (QED) is 0.490. The fourth-order valence-electron chi connectivity index (χ4n) is 2.24. The Hall–Kier alpha value is 0.440. The molecule has 0 aromatic carbocycles. The van der Waals surface area contributed by atoms with Crippen LogP contribution in [0.15, 0.2) is 0 Å². The Morgan fingerprint density at radius 1 is 1.33 bits per heavy atom. The van der Waals surface area contributed by atoms with E-state index >= 15 is 0 Å². The lowest BCUT2D eigenvalue weighted by Gasteiger charge is -2.13. The van der Waals surface area contributed by atoms with E-state index in [0.29, 0.717) is 6.10 Å². The summed E-state index contributed by atoms with van der Waals surface area (Å²) in [5, 5.41) is 0. The molecule has 1 aliphatic heterocycles. The molecular formula is C13H25BrO. The summed E-state index contributed by atoms with van der Waals surface area (Å²) in [5.74, 6) is 0.813. The highest BCUT2D eigenvalue weighted by atomic mass is 79.9. The van der Waals surface area contributed by atoms with Gasteiger partial charge in [-0.3, -0.25) is 0 Å². The lowest BCUT2D eigenvalue weighted by Crippen LogP contribution is -2.06. The van der Waals surface area contributed by atoms with Gasteiger partial charge in [-0.2, -0.15) is 0 Å². The second-order valence-corrected chi connectivity index (χ2v) is 6.44. The molecule has 90 valence electrons. The first kappa shape index (κ1) is 13.5. The molecule has 0 amide bonds. The standard InChI is InChI=1S/C13H25BrO/c1-11(2)10-12(14)6-3-4-7-13-8-5-9-15-13/h11-13H,3-10H2,1-2H3. The van der Waals surface area contributed by atoms with Gasteiger partial charge in [0.2, 0.25) is 0 Å². The number of unbranched alkanes of at least 4 members (excludes halogenated alkanes) is 1. The first-order chi connectivity index (χ1) is 7.18. The molecule has 0 bridgehead atoms. The van der Waals surface area contributed by atoms with Crippen molar-refractivity contribution < 1.29 is 4.74 Å². The van der Waals surface area contributed by atoms with Gasteiger partial charge in [-0.15, -0.1) is 0 Å². The van der Waals surface area contributed by atoms with Gasteiger partial charge >= 0.3 is 0 Å². The summed E-state index contributed by atoms with van der Waals surface area (Å²) in [6.45, 7) is 5.58. The minimum Gasteiger partial charge on any atom is -0.378 e. The number of halogens is 1. The normalized spacial score (nSPS) is 23.6. The van der Waals surface area contributed by atoms with E-state index in [4.69, 9.17) is 4.74 Å². The molecule has 0 aromatic heterocycles. The van der Waals surface area contributed by atoms with Crippen LogP contribution in [0.5, 0.6) is 0 Å². The maximum Gasteiger partial charge on any atom is 0.0576 e. The molecule has 1 rings (SSSR count). The average molecular weight is 277 g/mol. The third kappa shape index (κ3) is 6.57. The van der Waals surface area contributed by atoms with Gasteiger partial charge in [0, 0.05) is 11.4 Å². The molecule has 2 heteroatoms. The summed E-state index contributed by atoms with van der Waals surface area (Å²) in [6.07, 6.45) is 9.76. The van der Waals surface area contributed by atoms with Crippen LogP contribution in [0.3, 0.4) is 0 Å². The van der Waals surface area contributed by atoms with E-state index in [0.717, 1.165) is 17.4 Å². The summed E-state index contributed by atoms with van der Waals surface area (Å²) < 4.78 is 5.61. The topological polar surface area (TPSA) is 9.23 Å². The van der Waals surface area contributed by atoms with Gasteiger partial charge in [0.1, 0.15) is 0 Å². The van der Waals surface area contributed by atoms with E-state index in [1.54, 1.807) is 0 Å². The second-order valence-electron chi connectivity index (χ2n) is 5.15. The molecule has 1 saturated heterocycles. The van der Waals surface area contributed by atoms with Crippen LogP contribution in [0.4, 0.5) is 0 Å². The summed E-state index contributed by atoms with van der Waals surface area (Å²) in [7, 11) is 0. The Labute approximate surface area is 103 Å². The lowest BCUT2D eigenvalue weighted by atomic mass is 10.0. The fraction of sp³-hybridized carbons (Fsp3) is 1.00. The third-order valence-electron chi connectivity index (χ3n) is 3.04. The molecule has 0 aromatic rings. The largest absolute Gasteiger partial charge is 0.378 e. The van der Waals surface area contributed by atoms with E-state index in [9.17, 15) is 0 Å². The molecule has 15 heavy (non-hydrogen) atoms. The number of rotatable bonds is 7. The third-order valence-corrected chi connectivity index (χ3v) is 3.88. The van der Waals surface area contributed by atoms with Crippen molar-refractivity contribution in [2.24, 2.45) is 5.92 Å². The smallest absolute Gasteiger partial charge is 0.0576 e. The van der Waals surface area contributed by atoms with Crippen molar-refractivity contribution in [2.75, 3.05) is 6.61 Å². The van der Waals surface area contributed by atoms with E-state index < -0.39 is 0 Å². The van der Waals surface area contributed by atoms with Crippen molar-refractivity contribution in [3.05, 3.63) is 0 Å². The van der Waals surface area contributed by atoms with Crippen LogP contribution >= 0.6 is 15.9 Å². The van der Waals surface area contributed by atoms with E-state index in [-0.39, 0.29) is 0 Å². The van der Waals surface area contributed by atoms with Crippen LogP contribution in [-0.4, -0.2) is 17.5 Å². The van der Waals surface area contributed by atoms with E-state index in [1.165, 1.54) is 44.9 Å². The molecule has 2 unspecified atom stereocenters. The molecule has 1 nitrogen and oxygen atoms in total. The van der Waals surface area contributed by atoms with Crippen LogP contribution < -0.4 is 0 Å². The van der Waals surface area contributed by atoms with Crippen molar-refractivity contribution in [1.82, 2.24) is 0 Å². The van der Waals surface area contributed by atoms with Gasteiger partial charge in [0.25, 0.3) is 0 Å². The van der Waals surface area contributed by atoms with Crippen molar-refractivity contribution in [3.8, 4) is 0 Å². The Morgan fingerprint density at radius 2 is 2.13 bits per heavy atom. The molecule has 0 saturated carbocycles. The highest BCUT2D eigenvalue weighted by molar-refractivity contribution is 9.09. The number of hydrogen-bond donors (Lipinski definition) is 0. The van der Waals surface area contributed by atoms with E-state index in [1.807, 2.05) is 0 Å². The zero-order valence-electron chi connectivity index (χ0n) is 10.2. The molecule has 0 N–H and O–H groups in total. The van der Waals surface area contributed by atoms with Gasteiger partial charge in [-0.1, -0.05) is 42.6 Å². The van der Waals surface area contributed by atoms with E-state index in [2.05, 4.69) is 29.8 Å². The molecule has 1 heterocycles. The molecule has 1 aliphatic rings. The lowest BCUT2D eigenvalue weighted by molar-refractivity contribution is 0.102. The number of alkyl halides is 1. The zero-order chi connectivity index (χ0) is 11.1. The van der Waals surface area contributed by atoms with Gasteiger partial charge in [-0.05, 0) is 38.0 Å².